The van der Waals surface area contributed by atoms with Gasteiger partial charge < -0.3 is 25.7 Å². The van der Waals surface area contributed by atoms with Crippen LogP contribution in [0.25, 0.3) is 11.2 Å². The lowest BCUT2D eigenvalue weighted by molar-refractivity contribution is -0.182. The molecular formula is C27H26F10N6O3. The first-order valence-electron chi connectivity index (χ1n) is 13.6. The van der Waals surface area contributed by atoms with Gasteiger partial charge in [0.25, 0.3) is 18.2 Å². The van der Waals surface area contributed by atoms with Crippen molar-refractivity contribution in [1.82, 2.24) is 25.6 Å². The van der Waals surface area contributed by atoms with E-state index in [0.717, 1.165) is 18.2 Å². The summed E-state index contributed by atoms with van der Waals surface area (Å²) in [7, 11) is 0. The summed E-state index contributed by atoms with van der Waals surface area (Å²) < 4.78 is 137. The van der Waals surface area contributed by atoms with Gasteiger partial charge in [0.1, 0.15) is 11.1 Å². The first-order chi connectivity index (χ1) is 21.3. The molecule has 2 aromatic heterocycles. The predicted molar refractivity (Wildman–Crippen MR) is 142 cm³/mol. The number of halogens is 10. The number of nitrogens with zero attached hydrogens (tertiary/aromatic N) is 2. The second kappa shape index (κ2) is 13.2. The monoisotopic (exact) mass is 672 g/mol. The third kappa shape index (κ3) is 8.68. The standard InChI is InChI=1S/C27H26F10N6O3/c1-25(30,31)23(45)38-10-12-2-7-16(27(35,36)37)17(8-12)40-24-41-18-9-15(22(42-20(18)43-24)46-11-19(28)29)21(44)39-14-5-3-13(4-6-14)26(32,33)34/h2,7-9,13-14,19H,3-6,10-11H2,1H3,(H,38,45)(H,39,44)(H2,40,41,42,43)/t13-,14-. The Morgan fingerprint density at radius 3 is 2.26 bits per heavy atom. The summed E-state index contributed by atoms with van der Waals surface area (Å²) in [4.78, 5) is 35.1. The van der Waals surface area contributed by atoms with Crippen LogP contribution in [-0.4, -0.2) is 57.9 Å². The number of ether oxygens (including phenoxy) is 1. The van der Waals surface area contributed by atoms with Crippen LogP contribution < -0.4 is 20.7 Å². The number of carbonyl (C=O) groups excluding carboxylic acids is 2. The largest absolute Gasteiger partial charge is 0.471 e. The van der Waals surface area contributed by atoms with Crippen LogP contribution in [0.15, 0.2) is 24.3 Å². The van der Waals surface area contributed by atoms with Crippen LogP contribution in [0.3, 0.4) is 0 Å². The van der Waals surface area contributed by atoms with E-state index in [0.29, 0.717) is 13.0 Å². The molecule has 19 heteroatoms. The van der Waals surface area contributed by atoms with Crippen LogP contribution in [0, 0.1) is 5.92 Å². The van der Waals surface area contributed by atoms with Crippen LogP contribution in [0.1, 0.15) is 54.1 Å². The number of rotatable bonds is 10. The molecule has 1 fully saturated rings. The van der Waals surface area contributed by atoms with Crippen LogP contribution in [0.2, 0.25) is 0 Å². The van der Waals surface area contributed by atoms with Gasteiger partial charge in [0.05, 0.1) is 17.2 Å². The molecule has 0 aliphatic heterocycles. The third-order valence-corrected chi connectivity index (χ3v) is 7.05. The number of aromatic nitrogens is 3. The highest BCUT2D eigenvalue weighted by molar-refractivity contribution is 5.99. The van der Waals surface area contributed by atoms with Gasteiger partial charge in [-0.15, -0.1) is 0 Å². The van der Waals surface area contributed by atoms with Crippen molar-refractivity contribution >= 4 is 34.6 Å². The molecule has 252 valence electrons. The lowest BCUT2D eigenvalue weighted by atomic mass is 9.85. The molecule has 1 aromatic carbocycles. The first kappa shape index (κ1) is 34.6. The molecule has 4 N–H and O–H groups in total. The van der Waals surface area contributed by atoms with E-state index < -0.39 is 84.3 Å². The zero-order chi connectivity index (χ0) is 34.0. The zero-order valence-electron chi connectivity index (χ0n) is 23.7. The van der Waals surface area contributed by atoms with Crippen LogP contribution >= 0.6 is 0 Å². The fourth-order valence-electron chi connectivity index (χ4n) is 4.74. The molecule has 0 spiro atoms. The molecule has 4 rings (SSSR count). The Balaban J connectivity index is 1.60. The molecule has 0 saturated heterocycles. The van der Waals surface area contributed by atoms with E-state index in [1.54, 1.807) is 0 Å². The number of anilines is 2. The number of nitrogens with one attached hydrogen (secondary N) is 4. The molecule has 1 saturated carbocycles. The second-order valence-electron chi connectivity index (χ2n) is 10.6. The van der Waals surface area contributed by atoms with Crippen molar-refractivity contribution in [2.24, 2.45) is 5.92 Å². The van der Waals surface area contributed by atoms with Gasteiger partial charge in [-0.25, -0.2) is 13.8 Å². The Kier molecular flexibility index (Phi) is 9.91. The van der Waals surface area contributed by atoms with Crippen molar-refractivity contribution in [3.8, 4) is 5.88 Å². The molecule has 3 aromatic rings. The molecule has 2 amide bonds. The van der Waals surface area contributed by atoms with E-state index in [1.165, 1.54) is 0 Å². The van der Waals surface area contributed by atoms with Crippen molar-refractivity contribution < 1.29 is 58.2 Å². The number of amides is 2. The number of hydrogen-bond donors (Lipinski definition) is 4. The Hall–Kier alpha value is -4.32. The zero-order valence-corrected chi connectivity index (χ0v) is 23.7. The van der Waals surface area contributed by atoms with Crippen molar-refractivity contribution in [3.05, 3.63) is 41.0 Å². The minimum atomic E-state index is -4.90. The maximum atomic E-state index is 13.7. The van der Waals surface area contributed by atoms with Crippen molar-refractivity contribution in [3.63, 3.8) is 0 Å². The number of hydrogen-bond acceptors (Lipinski definition) is 6. The van der Waals surface area contributed by atoms with Gasteiger partial charge in [-0.1, -0.05) is 6.07 Å². The van der Waals surface area contributed by atoms with Crippen LogP contribution in [0.5, 0.6) is 5.88 Å². The van der Waals surface area contributed by atoms with Gasteiger partial charge in [0.2, 0.25) is 11.8 Å². The molecule has 0 bridgehead atoms. The van der Waals surface area contributed by atoms with E-state index in [4.69, 9.17) is 4.74 Å². The van der Waals surface area contributed by atoms with Crippen molar-refractivity contribution in [2.45, 2.75) is 69.9 Å². The Labute approximate surface area is 253 Å². The minimum Gasteiger partial charge on any atom is -0.471 e. The van der Waals surface area contributed by atoms with Crippen molar-refractivity contribution in [2.75, 3.05) is 11.9 Å². The molecule has 1 aliphatic carbocycles. The van der Waals surface area contributed by atoms with E-state index in [1.807, 2.05) is 5.32 Å². The van der Waals surface area contributed by atoms with E-state index in [2.05, 4.69) is 25.6 Å². The van der Waals surface area contributed by atoms with Gasteiger partial charge in [-0.3, -0.25) is 9.59 Å². The van der Waals surface area contributed by atoms with Crippen LogP contribution in [-0.2, 0) is 17.5 Å². The summed E-state index contributed by atoms with van der Waals surface area (Å²) in [6.07, 6.45) is -12.7. The van der Waals surface area contributed by atoms with Gasteiger partial charge in [0.15, 0.2) is 12.3 Å². The highest BCUT2D eigenvalue weighted by Gasteiger charge is 2.42. The molecular weight excluding hydrogens is 646 g/mol. The second-order valence-corrected chi connectivity index (χ2v) is 10.6. The number of imidazole rings is 1. The SMILES string of the molecule is CC(F)(F)C(=O)NCc1ccc(C(F)(F)F)c(Nc2nc3cc(C(=O)N[C@H]4CC[C@H](C(F)(F)F)CC4)c(OCC(F)F)nc3[nH]2)c1. The minimum absolute atomic E-state index is 0.000438. The number of benzene rings is 1. The molecule has 2 heterocycles. The normalized spacial score (nSPS) is 17.7. The van der Waals surface area contributed by atoms with E-state index >= 15 is 0 Å². The quantitative estimate of drug-likeness (QED) is 0.183. The average Bonchev–Trinajstić information content (AvgIpc) is 3.34. The maximum Gasteiger partial charge on any atom is 0.418 e. The van der Waals surface area contributed by atoms with Gasteiger partial charge in [-0.05, 0) is 49.4 Å². The highest BCUT2D eigenvalue weighted by atomic mass is 19.4. The lowest BCUT2D eigenvalue weighted by Gasteiger charge is -2.30. The summed E-state index contributed by atoms with van der Waals surface area (Å²) in [6.45, 7) is -1.38. The Morgan fingerprint density at radius 2 is 1.67 bits per heavy atom. The summed E-state index contributed by atoms with van der Waals surface area (Å²) in [5.41, 5.74) is -2.52. The fourth-order valence-corrected chi connectivity index (χ4v) is 4.74. The summed E-state index contributed by atoms with van der Waals surface area (Å²) >= 11 is 0. The molecule has 0 atom stereocenters. The number of alkyl halides is 10. The highest BCUT2D eigenvalue weighted by Crippen LogP contribution is 2.38. The summed E-state index contributed by atoms with van der Waals surface area (Å²) in [6, 6.07) is 2.94. The van der Waals surface area contributed by atoms with E-state index in [-0.39, 0.29) is 48.4 Å². The smallest absolute Gasteiger partial charge is 0.418 e. The lowest BCUT2D eigenvalue weighted by Crippen LogP contribution is -2.40. The average molecular weight is 673 g/mol. The van der Waals surface area contributed by atoms with Crippen LogP contribution in [0.4, 0.5) is 55.5 Å². The topological polar surface area (TPSA) is 121 Å². The Bertz CT molecular complexity index is 1560. The number of pyridine rings is 1. The van der Waals surface area contributed by atoms with Gasteiger partial charge in [0, 0.05) is 19.5 Å². The number of H-pyrrole nitrogens is 1. The first-order valence-corrected chi connectivity index (χ1v) is 13.6. The number of fused-ring (bicyclic) bond motifs is 1. The third-order valence-electron chi connectivity index (χ3n) is 7.05. The van der Waals surface area contributed by atoms with Crippen molar-refractivity contribution in [1.29, 1.82) is 0 Å². The van der Waals surface area contributed by atoms with E-state index in [9.17, 15) is 53.5 Å². The summed E-state index contributed by atoms with van der Waals surface area (Å²) in [5.74, 6) is -8.75. The molecule has 0 unspecified atom stereocenters. The van der Waals surface area contributed by atoms with Gasteiger partial charge >= 0.3 is 18.3 Å². The molecule has 1 aliphatic rings. The summed E-state index contributed by atoms with van der Waals surface area (Å²) in [5, 5.41) is 6.83. The fraction of sp³-hybridized carbons (Fsp3) is 0.481. The maximum absolute atomic E-state index is 13.7. The molecule has 0 radical (unpaired) electrons. The Morgan fingerprint density at radius 1 is 1.00 bits per heavy atom. The number of aromatic amines is 1. The number of carbonyl (C=O) groups is 2. The molecule has 9 nitrogen and oxygen atoms in total. The molecule has 46 heavy (non-hydrogen) atoms. The van der Waals surface area contributed by atoms with Gasteiger partial charge in [-0.2, -0.15) is 40.1 Å². The predicted octanol–water partition coefficient (Wildman–Crippen LogP) is 6.49.